The Morgan fingerprint density at radius 1 is 1.25 bits per heavy atom. The van der Waals surface area contributed by atoms with Gasteiger partial charge in [-0.1, -0.05) is 6.07 Å². The zero-order chi connectivity index (χ0) is 8.55. The summed E-state index contributed by atoms with van der Waals surface area (Å²) in [7, 11) is 0. The minimum atomic E-state index is 1.01. The van der Waals surface area contributed by atoms with Gasteiger partial charge in [-0.25, -0.2) is 9.97 Å². The number of fused-ring (bicyclic) bond motifs is 1. The second kappa shape index (κ2) is 2.97. The maximum Gasteiger partial charge on any atom is 0.117 e. The Morgan fingerprint density at radius 3 is 2.92 bits per heavy atom. The molecule has 60 valence electrons. The molecular formula is C9H7IN2. The number of aromatic nitrogens is 2. The molecule has 0 unspecified atom stereocenters. The summed E-state index contributed by atoms with van der Waals surface area (Å²) in [4.78, 5) is 8.30. The quantitative estimate of drug-likeness (QED) is 0.543. The van der Waals surface area contributed by atoms with Crippen LogP contribution in [0.4, 0.5) is 0 Å². The molecule has 0 amide bonds. The van der Waals surface area contributed by atoms with Crippen molar-refractivity contribution in [3.63, 3.8) is 0 Å². The van der Waals surface area contributed by atoms with Crippen molar-refractivity contribution < 1.29 is 0 Å². The van der Waals surface area contributed by atoms with Crippen LogP contribution in [-0.4, -0.2) is 9.97 Å². The fraction of sp³-hybridized carbons (Fsp3) is 0.111. The van der Waals surface area contributed by atoms with Gasteiger partial charge in [0.05, 0.1) is 5.52 Å². The molecule has 1 heterocycles. The van der Waals surface area contributed by atoms with Gasteiger partial charge < -0.3 is 0 Å². The first kappa shape index (κ1) is 7.91. The fourth-order valence-corrected chi connectivity index (χ4v) is 1.71. The molecule has 0 saturated carbocycles. The molecular weight excluding hydrogens is 263 g/mol. The van der Waals surface area contributed by atoms with Crippen LogP contribution in [0.3, 0.4) is 0 Å². The molecule has 0 atom stereocenters. The van der Waals surface area contributed by atoms with Crippen LogP contribution in [0.1, 0.15) is 5.56 Å². The minimum absolute atomic E-state index is 1.01. The summed E-state index contributed by atoms with van der Waals surface area (Å²) >= 11 is 2.22. The van der Waals surface area contributed by atoms with Crippen molar-refractivity contribution >= 4 is 33.5 Å². The number of aryl methyl sites for hydroxylation is 1. The highest BCUT2D eigenvalue weighted by Crippen LogP contribution is 2.16. The van der Waals surface area contributed by atoms with Gasteiger partial charge in [0.1, 0.15) is 10.0 Å². The normalized spacial score (nSPS) is 10.5. The summed E-state index contributed by atoms with van der Waals surface area (Å²) in [6, 6.07) is 6.21. The van der Waals surface area contributed by atoms with E-state index in [-0.39, 0.29) is 0 Å². The maximum atomic E-state index is 4.19. The maximum absolute atomic E-state index is 4.19. The molecule has 12 heavy (non-hydrogen) atoms. The SMILES string of the molecule is Cc1ccc2c(I)ncnc2c1. The molecule has 1 aromatic heterocycles. The first-order valence-corrected chi connectivity index (χ1v) is 4.72. The number of hydrogen-bond acceptors (Lipinski definition) is 2. The van der Waals surface area contributed by atoms with Crippen molar-refractivity contribution in [1.29, 1.82) is 0 Å². The Morgan fingerprint density at radius 2 is 2.08 bits per heavy atom. The number of benzene rings is 1. The van der Waals surface area contributed by atoms with Gasteiger partial charge in [-0.15, -0.1) is 0 Å². The Labute approximate surface area is 84.2 Å². The van der Waals surface area contributed by atoms with Crippen LogP contribution in [-0.2, 0) is 0 Å². The molecule has 0 aliphatic rings. The van der Waals surface area contributed by atoms with Gasteiger partial charge in [0.15, 0.2) is 0 Å². The molecule has 0 N–H and O–H groups in total. The summed E-state index contributed by atoms with van der Waals surface area (Å²) in [5, 5.41) is 1.13. The predicted molar refractivity (Wildman–Crippen MR) is 57.0 cm³/mol. The molecule has 2 aromatic rings. The van der Waals surface area contributed by atoms with Gasteiger partial charge in [0.25, 0.3) is 0 Å². The largest absolute Gasteiger partial charge is 0.236 e. The van der Waals surface area contributed by atoms with Crippen molar-refractivity contribution in [2.45, 2.75) is 6.92 Å². The first-order chi connectivity index (χ1) is 5.77. The molecule has 1 aromatic carbocycles. The second-order valence-electron chi connectivity index (χ2n) is 2.69. The second-order valence-corrected chi connectivity index (χ2v) is 3.71. The van der Waals surface area contributed by atoms with Crippen molar-refractivity contribution in [2.24, 2.45) is 0 Å². The lowest BCUT2D eigenvalue weighted by atomic mass is 10.2. The van der Waals surface area contributed by atoms with E-state index < -0.39 is 0 Å². The Hall–Kier alpha value is -0.710. The molecule has 3 heteroatoms. The van der Waals surface area contributed by atoms with E-state index in [0.717, 1.165) is 14.6 Å². The average molecular weight is 270 g/mol. The van der Waals surface area contributed by atoms with Crippen LogP contribution in [0.25, 0.3) is 10.9 Å². The summed E-state index contributed by atoms with van der Waals surface area (Å²) in [5.74, 6) is 0. The number of hydrogen-bond donors (Lipinski definition) is 0. The summed E-state index contributed by atoms with van der Waals surface area (Å²) in [6.45, 7) is 2.06. The Bertz CT molecular complexity index is 426. The van der Waals surface area contributed by atoms with Gasteiger partial charge in [-0.05, 0) is 47.2 Å². The number of nitrogens with zero attached hydrogens (tertiary/aromatic N) is 2. The van der Waals surface area contributed by atoms with Crippen molar-refractivity contribution in [3.8, 4) is 0 Å². The third kappa shape index (κ3) is 1.29. The molecule has 0 spiro atoms. The van der Waals surface area contributed by atoms with E-state index in [9.17, 15) is 0 Å². The van der Waals surface area contributed by atoms with E-state index in [1.54, 1.807) is 6.33 Å². The zero-order valence-electron chi connectivity index (χ0n) is 6.58. The van der Waals surface area contributed by atoms with Crippen molar-refractivity contribution in [3.05, 3.63) is 33.8 Å². The lowest BCUT2D eigenvalue weighted by molar-refractivity contribution is 1.19. The van der Waals surface area contributed by atoms with Crippen LogP contribution in [0.5, 0.6) is 0 Å². The van der Waals surface area contributed by atoms with Crippen LogP contribution < -0.4 is 0 Å². The zero-order valence-corrected chi connectivity index (χ0v) is 8.74. The summed E-state index contributed by atoms with van der Waals surface area (Å²) < 4.78 is 1.01. The van der Waals surface area contributed by atoms with Gasteiger partial charge in [-0.2, -0.15) is 0 Å². The summed E-state index contributed by atoms with van der Waals surface area (Å²) in [5.41, 5.74) is 2.26. The van der Waals surface area contributed by atoms with Gasteiger partial charge in [0.2, 0.25) is 0 Å². The van der Waals surface area contributed by atoms with Gasteiger partial charge in [0, 0.05) is 5.39 Å². The lowest BCUT2D eigenvalue weighted by Crippen LogP contribution is -1.86. The standard InChI is InChI=1S/C9H7IN2/c1-6-2-3-7-8(4-6)11-5-12-9(7)10/h2-5H,1H3. The Balaban J connectivity index is 2.86. The van der Waals surface area contributed by atoms with Crippen molar-refractivity contribution in [1.82, 2.24) is 9.97 Å². The molecule has 2 nitrogen and oxygen atoms in total. The lowest BCUT2D eigenvalue weighted by Gasteiger charge is -1.98. The first-order valence-electron chi connectivity index (χ1n) is 3.64. The number of rotatable bonds is 0. The van der Waals surface area contributed by atoms with Gasteiger partial charge >= 0.3 is 0 Å². The van der Waals surface area contributed by atoms with Crippen LogP contribution in [0.15, 0.2) is 24.5 Å². The van der Waals surface area contributed by atoms with Crippen LogP contribution >= 0.6 is 22.6 Å². The van der Waals surface area contributed by atoms with E-state index in [4.69, 9.17) is 0 Å². The number of halogens is 1. The van der Waals surface area contributed by atoms with E-state index >= 15 is 0 Å². The Kier molecular flexibility index (Phi) is 1.96. The fourth-order valence-electron chi connectivity index (χ4n) is 1.13. The van der Waals surface area contributed by atoms with Crippen molar-refractivity contribution in [2.75, 3.05) is 0 Å². The summed E-state index contributed by atoms with van der Waals surface area (Å²) in [6.07, 6.45) is 1.60. The minimum Gasteiger partial charge on any atom is -0.236 e. The van der Waals surface area contributed by atoms with E-state index in [1.165, 1.54) is 5.56 Å². The predicted octanol–water partition coefficient (Wildman–Crippen LogP) is 2.54. The van der Waals surface area contributed by atoms with E-state index in [0.29, 0.717) is 0 Å². The molecule has 0 saturated heterocycles. The molecule has 2 rings (SSSR count). The van der Waals surface area contributed by atoms with E-state index in [1.807, 2.05) is 0 Å². The molecule has 0 bridgehead atoms. The van der Waals surface area contributed by atoms with Crippen LogP contribution in [0.2, 0.25) is 0 Å². The highest BCUT2D eigenvalue weighted by Gasteiger charge is 1.98. The molecule has 0 fully saturated rings. The third-order valence-electron chi connectivity index (χ3n) is 1.74. The van der Waals surface area contributed by atoms with Gasteiger partial charge in [-0.3, -0.25) is 0 Å². The highest BCUT2D eigenvalue weighted by molar-refractivity contribution is 14.1. The molecule has 0 aliphatic carbocycles. The molecule has 0 aliphatic heterocycles. The van der Waals surface area contributed by atoms with Crippen LogP contribution in [0, 0.1) is 10.6 Å². The average Bonchev–Trinajstić information content (AvgIpc) is 2.04. The topological polar surface area (TPSA) is 25.8 Å². The highest BCUT2D eigenvalue weighted by atomic mass is 127. The monoisotopic (exact) mass is 270 g/mol. The smallest absolute Gasteiger partial charge is 0.117 e. The van der Waals surface area contributed by atoms with E-state index in [2.05, 4.69) is 57.7 Å². The third-order valence-corrected chi connectivity index (χ3v) is 2.60. The molecule has 0 radical (unpaired) electrons.